The molecule has 0 aromatic heterocycles. The minimum absolute atomic E-state index is 0.130. The highest BCUT2D eigenvalue weighted by molar-refractivity contribution is 5.69. The molecular weight excluding hydrogens is 253 g/mol. The molecule has 19 heavy (non-hydrogen) atoms. The largest absolute Gasteiger partial charge is 0.493 e. The van der Waals surface area contributed by atoms with E-state index in [-0.39, 0.29) is 18.0 Å². The predicted molar refractivity (Wildman–Crippen MR) is 67.7 cm³/mol. The lowest BCUT2D eigenvalue weighted by atomic mass is 10.0. The third kappa shape index (κ3) is 3.82. The maximum atomic E-state index is 13.9. The van der Waals surface area contributed by atoms with Crippen LogP contribution < -0.4 is 15.2 Å². The van der Waals surface area contributed by atoms with E-state index in [1.165, 1.54) is 33.5 Å². The standard InChI is InChI=1S/C13H18FNO4/c1-17-11-6-8(9(14)7-12(11)18-2)10(15)4-5-13(16)19-3/h6-7,10H,4-5,15H2,1-3H3. The molecule has 0 saturated heterocycles. The summed E-state index contributed by atoms with van der Waals surface area (Å²) in [5, 5.41) is 0. The summed E-state index contributed by atoms with van der Waals surface area (Å²) in [6, 6.07) is 2.08. The Labute approximate surface area is 111 Å². The molecule has 0 fully saturated rings. The Morgan fingerprint density at radius 2 is 1.84 bits per heavy atom. The van der Waals surface area contributed by atoms with Crippen LogP contribution in [0.3, 0.4) is 0 Å². The minimum Gasteiger partial charge on any atom is -0.493 e. The Hall–Kier alpha value is -1.82. The Morgan fingerprint density at radius 3 is 2.37 bits per heavy atom. The van der Waals surface area contributed by atoms with Crippen molar-refractivity contribution in [1.29, 1.82) is 0 Å². The molecule has 0 bridgehead atoms. The number of carbonyl (C=O) groups excluding carboxylic acids is 1. The van der Waals surface area contributed by atoms with E-state index in [0.29, 0.717) is 17.9 Å². The van der Waals surface area contributed by atoms with Crippen LogP contribution in [0.2, 0.25) is 0 Å². The Kier molecular flexibility index (Phi) is 5.57. The van der Waals surface area contributed by atoms with Crippen molar-refractivity contribution < 1.29 is 23.4 Å². The molecule has 0 aliphatic carbocycles. The van der Waals surface area contributed by atoms with Crippen LogP contribution in [0.25, 0.3) is 0 Å². The number of rotatable bonds is 6. The lowest BCUT2D eigenvalue weighted by molar-refractivity contribution is -0.140. The van der Waals surface area contributed by atoms with Gasteiger partial charge in [-0.1, -0.05) is 0 Å². The van der Waals surface area contributed by atoms with Crippen LogP contribution in [0.1, 0.15) is 24.4 Å². The quantitative estimate of drug-likeness (QED) is 0.799. The molecule has 5 nitrogen and oxygen atoms in total. The van der Waals surface area contributed by atoms with Crippen LogP contribution in [-0.2, 0) is 9.53 Å². The maximum Gasteiger partial charge on any atom is 0.305 e. The van der Waals surface area contributed by atoms with Crippen molar-refractivity contribution in [2.24, 2.45) is 5.73 Å². The van der Waals surface area contributed by atoms with Crippen molar-refractivity contribution in [3.05, 3.63) is 23.5 Å². The molecule has 0 radical (unpaired) electrons. The topological polar surface area (TPSA) is 70.8 Å². The second-order valence-corrected chi connectivity index (χ2v) is 3.95. The molecular formula is C13H18FNO4. The fourth-order valence-electron chi connectivity index (χ4n) is 1.68. The van der Waals surface area contributed by atoms with Gasteiger partial charge in [0.1, 0.15) is 5.82 Å². The summed E-state index contributed by atoms with van der Waals surface area (Å²) in [6.45, 7) is 0. The van der Waals surface area contributed by atoms with Gasteiger partial charge in [0.2, 0.25) is 0 Å². The van der Waals surface area contributed by atoms with Gasteiger partial charge in [0.15, 0.2) is 11.5 Å². The van der Waals surface area contributed by atoms with Crippen molar-refractivity contribution in [2.75, 3.05) is 21.3 Å². The van der Waals surface area contributed by atoms with Gasteiger partial charge in [0, 0.05) is 24.1 Å². The Bertz CT molecular complexity index is 451. The third-order valence-electron chi connectivity index (χ3n) is 2.79. The second kappa shape index (κ2) is 6.94. The number of benzene rings is 1. The van der Waals surface area contributed by atoms with Crippen molar-refractivity contribution in [3.63, 3.8) is 0 Å². The van der Waals surface area contributed by atoms with Crippen molar-refractivity contribution in [2.45, 2.75) is 18.9 Å². The van der Waals surface area contributed by atoms with E-state index in [4.69, 9.17) is 15.2 Å². The van der Waals surface area contributed by atoms with Crippen LogP contribution >= 0.6 is 0 Å². The number of nitrogens with two attached hydrogens (primary N) is 1. The molecule has 0 aliphatic rings. The summed E-state index contributed by atoms with van der Waals surface area (Å²) in [7, 11) is 4.18. The van der Waals surface area contributed by atoms with E-state index in [2.05, 4.69) is 4.74 Å². The van der Waals surface area contributed by atoms with Crippen LogP contribution in [0.4, 0.5) is 4.39 Å². The van der Waals surface area contributed by atoms with Gasteiger partial charge >= 0.3 is 5.97 Å². The van der Waals surface area contributed by atoms with Gasteiger partial charge < -0.3 is 19.9 Å². The zero-order chi connectivity index (χ0) is 14.4. The average molecular weight is 271 g/mol. The molecule has 0 aliphatic heterocycles. The molecule has 6 heteroatoms. The van der Waals surface area contributed by atoms with Crippen LogP contribution in [0.5, 0.6) is 11.5 Å². The first-order chi connectivity index (χ1) is 9.03. The highest BCUT2D eigenvalue weighted by Crippen LogP contribution is 2.32. The lowest BCUT2D eigenvalue weighted by Crippen LogP contribution is -2.15. The van der Waals surface area contributed by atoms with Gasteiger partial charge in [-0.3, -0.25) is 4.79 Å². The molecule has 2 N–H and O–H groups in total. The van der Waals surface area contributed by atoms with E-state index in [1.807, 2.05) is 0 Å². The van der Waals surface area contributed by atoms with Crippen LogP contribution in [-0.4, -0.2) is 27.3 Å². The molecule has 1 atom stereocenters. The smallest absolute Gasteiger partial charge is 0.305 e. The Morgan fingerprint density at radius 1 is 1.26 bits per heavy atom. The summed E-state index contributed by atoms with van der Waals surface area (Å²) in [5.74, 6) is -0.178. The zero-order valence-electron chi connectivity index (χ0n) is 11.2. The number of hydrogen-bond acceptors (Lipinski definition) is 5. The number of carbonyl (C=O) groups is 1. The van der Waals surface area contributed by atoms with E-state index in [1.54, 1.807) is 0 Å². The molecule has 1 rings (SSSR count). The van der Waals surface area contributed by atoms with Gasteiger partial charge in [0.25, 0.3) is 0 Å². The zero-order valence-corrected chi connectivity index (χ0v) is 11.2. The van der Waals surface area contributed by atoms with E-state index < -0.39 is 11.9 Å². The van der Waals surface area contributed by atoms with Crippen molar-refractivity contribution in [1.82, 2.24) is 0 Å². The number of halogens is 1. The molecule has 0 heterocycles. The molecule has 1 aromatic rings. The van der Waals surface area contributed by atoms with Crippen LogP contribution in [0, 0.1) is 5.82 Å². The van der Waals surface area contributed by atoms with Crippen molar-refractivity contribution in [3.8, 4) is 11.5 Å². The molecule has 0 spiro atoms. The molecule has 106 valence electrons. The first kappa shape index (κ1) is 15.2. The Balaban J connectivity index is 2.90. The minimum atomic E-state index is -0.612. The number of methoxy groups -OCH3 is 3. The van der Waals surface area contributed by atoms with Gasteiger partial charge in [-0.05, 0) is 12.5 Å². The van der Waals surface area contributed by atoms with Gasteiger partial charge in [-0.25, -0.2) is 4.39 Å². The molecule has 0 amide bonds. The summed E-state index contributed by atoms with van der Waals surface area (Å²) >= 11 is 0. The number of hydrogen-bond donors (Lipinski definition) is 1. The maximum absolute atomic E-state index is 13.9. The number of esters is 1. The third-order valence-corrected chi connectivity index (χ3v) is 2.79. The number of ether oxygens (including phenoxy) is 3. The highest BCUT2D eigenvalue weighted by atomic mass is 19.1. The lowest BCUT2D eigenvalue weighted by Gasteiger charge is -2.15. The summed E-state index contributed by atoms with van der Waals surface area (Å²) in [5.41, 5.74) is 6.15. The molecule has 1 aromatic carbocycles. The second-order valence-electron chi connectivity index (χ2n) is 3.95. The van der Waals surface area contributed by atoms with E-state index >= 15 is 0 Å². The van der Waals surface area contributed by atoms with Crippen LogP contribution in [0.15, 0.2) is 12.1 Å². The van der Waals surface area contributed by atoms with E-state index in [0.717, 1.165) is 0 Å². The monoisotopic (exact) mass is 271 g/mol. The normalized spacial score (nSPS) is 11.8. The van der Waals surface area contributed by atoms with E-state index in [9.17, 15) is 9.18 Å². The molecule has 1 unspecified atom stereocenters. The van der Waals surface area contributed by atoms with Gasteiger partial charge in [0.05, 0.1) is 21.3 Å². The SMILES string of the molecule is COC(=O)CCC(N)c1cc(OC)c(OC)cc1F. The fraction of sp³-hybridized carbons (Fsp3) is 0.462. The fourth-order valence-corrected chi connectivity index (χ4v) is 1.68. The summed E-state index contributed by atoms with van der Waals surface area (Å²) in [6.07, 6.45) is 0.421. The first-order valence-electron chi connectivity index (χ1n) is 5.77. The van der Waals surface area contributed by atoms with Gasteiger partial charge in [-0.15, -0.1) is 0 Å². The first-order valence-corrected chi connectivity index (χ1v) is 5.77. The van der Waals surface area contributed by atoms with Gasteiger partial charge in [-0.2, -0.15) is 0 Å². The highest BCUT2D eigenvalue weighted by Gasteiger charge is 2.17. The molecule has 0 saturated carbocycles. The average Bonchev–Trinajstić information content (AvgIpc) is 2.43. The summed E-state index contributed by atoms with van der Waals surface area (Å²) < 4.78 is 28.5. The van der Waals surface area contributed by atoms with Crippen molar-refractivity contribution >= 4 is 5.97 Å². The predicted octanol–water partition coefficient (Wildman–Crippen LogP) is 1.80. The summed E-state index contributed by atoms with van der Waals surface area (Å²) in [4.78, 5) is 11.0.